The van der Waals surface area contributed by atoms with Crippen LogP contribution in [0.2, 0.25) is 0 Å². The molecule has 1 heterocycles. The highest BCUT2D eigenvalue weighted by Crippen LogP contribution is 2.46. The third-order valence-electron chi connectivity index (χ3n) is 4.51. The molecule has 1 aliphatic heterocycles. The van der Waals surface area contributed by atoms with Crippen LogP contribution in [-0.4, -0.2) is 25.3 Å². The van der Waals surface area contributed by atoms with Gasteiger partial charge in [-0.2, -0.15) is 0 Å². The van der Waals surface area contributed by atoms with E-state index in [0.717, 1.165) is 12.5 Å². The number of rotatable bonds is 2. The lowest BCUT2D eigenvalue weighted by atomic mass is 9.67. The van der Waals surface area contributed by atoms with Gasteiger partial charge >= 0.3 is 0 Å². The van der Waals surface area contributed by atoms with Gasteiger partial charge in [0.2, 0.25) is 0 Å². The van der Waals surface area contributed by atoms with Crippen molar-refractivity contribution in [3.63, 3.8) is 0 Å². The van der Waals surface area contributed by atoms with Crippen molar-refractivity contribution in [3.05, 3.63) is 0 Å². The smallest absolute Gasteiger partial charge is 0.0685 e. The highest BCUT2D eigenvalue weighted by atomic mass is 16.5. The highest BCUT2D eigenvalue weighted by Gasteiger charge is 2.45. The molecule has 0 bridgehead atoms. The quantitative estimate of drug-likeness (QED) is 0.780. The fourth-order valence-corrected chi connectivity index (χ4v) is 3.65. The lowest BCUT2D eigenvalue weighted by Crippen LogP contribution is -2.53. The van der Waals surface area contributed by atoms with E-state index < -0.39 is 0 Å². The molecule has 1 saturated carbocycles. The summed E-state index contributed by atoms with van der Waals surface area (Å²) in [7, 11) is 2.11. The second-order valence-corrected chi connectivity index (χ2v) is 6.77. The zero-order valence-electron chi connectivity index (χ0n) is 11.3. The van der Waals surface area contributed by atoms with Gasteiger partial charge in [-0.1, -0.05) is 20.8 Å². The molecule has 2 aliphatic rings. The summed E-state index contributed by atoms with van der Waals surface area (Å²) in [5, 5.41) is 3.54. The first-order chi connectivity index (χ1) is 7.47. The maximum atomic E-state index is 6.01. The van der Waals surface area contributed by atoms with Gasteiger partial charge in [-0.05, 0) is 50.5 Å². The molecule has 16 heavy (non-hydrogen) atoms. The zero-order chi connectivity index (χ0) is 11.8. The van der Waals surface area contributed by atoms with E-state index in [-0.39, 0.29) is 5.60 Å². The molecule has 1 spiro atoms. The monoisotopic (exact) mass is 225 g/mol. The van der Waals surface area contributed by atoms with Crippen molar-refractivity contribution in [2.75, 3.05) is 13.7 Å². The fourth-order valence-electron chi connectivity index (χ4n) is 3.65. The number of ether oxygens (including phenoxy) is 1. The van der Waals surface area contributed by atoms with E-state index in [2.05, 4.69) is 33.1 Å². The average Bonchev–Trinajstić information content (AvgIpc) is 2.15. The maximum Gasteiger partial charge on any atom is 0.0685 e. The number of hydrogen-bond acceptors (Lipinski definition) is 2. The Kier molecular flexibility index (Phi) is 3.33. The van der Waals surface area contributed by atoms with E-state index in [1.54, 1.807) is 0 Å². The first-order valence-electron chi connectivity index (χ1n) is 6.78. The molecule has 2 nitrogen and oxygen atoms in total. The Labute approximate surface area is 100 Å². The Hall–Kier alpha value is -0.0800. The van der Waals surface area contributed by atoms with Crippen LogP contribution in [0.3, 0.4) is 0 Å². The van der Waals surface area contributed by atoms with Gasteiger partial charge in [-0.25, -0.2) is 0 Å². The maximum absolute atomic E-state index is 6.01. The van der Waals surface area contributed by atoms with E-state index in [4.69, 9.17) is 4.74 Å². The minimum Gasteiger partial charge on any atom is -0.375 e. The Morgan fingerprint density at radius 3 is 2.44 bits per heavy atom. The molecular weight excluding hydrogens is 198 g/mol. The lowest BCUT2D eigenvalue weighted by molar-refractivity contribution is -0.150. The van der Waals surface area contributed by atoms with Crippen LogP contribution in [0.25, 0.3) is 0 Å². The van der Waals surface area contributed by atoms with Crippen LogP contribution in [-0.2, 0) is 4.74 Å². The van der Waals surface area contributed by atoms with Crippen molar-refractivity contribution >= 4 is 0 Å². The van der Waals surface area contributed by atoms with Crippen molar-refractivity contribution in [3.8, 4) is 0 Å². The molecule has 2 atom stereocenters. The summed E-state index contributed by atoms with van der Waals surface area (Å²) < 4.78 is 6.01. The summed E-state index contributed by atoms with van der Waals surface area (Å²) in [5.41, 5.74) is 0.630. The summed E-state index contributed by atoms with van der Waals surface area (Å²) in [6, 6.07) is 0.619. The summed E-state index contributed by atoms with van der Waals surface area (Å²) >= 11 is 0. The standard InChI is InChI=1S/C14H27NO/c1-13(2,3)12(15-4)11-6-9-16-14(10-11)7-5-8-14/h11-12,15H,5-10H2,1-4H3. The van der Waals surface area contributed by atoms with Gasteiger partial charge in [-0.15, -0.1) is 0 Å². The molecule has 94 valence electrons. The van der Waals surface area contributed by atoms with Crippen LogP contribution in [0, 0.1) is 11.3 Å². The predicted octanol–water partition coefficient (Wildman–Crippen LogP) is 2.97. The molecule has 0 radical (unpaired) electrons. The molecule has 1 saturated heterocycles. The van der Waals surface area contributed by atoms with E-state index in [0.29, 0.717) is 11.5 Å². The third kappa shape index (κ3) is 2.28. The van der Waals surface area contributed by atoms with E-state index >= 15 is 0 Å². The van der Waals surface area contributed by atoms with Crippen molar-refractivity contribution in [2.24, 2.45) is 11.3 Å². The summed E-state index contributed by atoms with van der Waals surface area (Å²) in [5.74, 6) is 0.791. The van der Waals surface area contributed by atoms with Crippen molar-refractivity contribution in [1.82, 2.24) is 5.32 Å². The summed E-state index contributed by atoms with van der Waals surface area (Å²) in [6.07, 6.45) is 6.46. The molecule has 0 aromatic heterocycles. The molecule has 0 aromatic carbocycles. The SMILES string of the molecule is CNC(C1CCOC2(CCC2)C1)C(C)(C)C. The molecule has 0 amide bonds. The molecule has 0 aromatic rings. The van der Waals surface area contributed by atoms with Gasteiger partial charge in [0.05, 0.1) is 5.60 Å². The molecule has 2 rings (SSSR count). The molecular formula is C14H27NO. The number of hydrogen-bond donors (Lipinski definition) is 1. The Morgan fingerprint density at radius 2 is 2.00 bits per heavy atom. The van der Waals surface area contributed by atoms with E-state index in [1.165, 1.54) is 32.1 Å². The van der Waals surface area contributed by atoms with Crippen LogP contribution in [0.1, 0.15) is 52.9 Å². The van der Waals surface area contributed by atoms with Gasteiger partial charge in [0, 0.05) is 12.6 Å². The fraction of sp³-hybridized carbons (Fsp3) is 1.00. The second kappa shape index (κ2) is 4.30. The van der Waals surface area contributed by atoms with Gasteiger partial charge in [-0.3, -0.25) is 0 Å². The zero-order valence-corrected chi connectivity index (χ0v) is 11.3. The van der Waals surface area contributed by atoms with E-state index in [9.17, 15) is 0 Å². The Morgan fingerprint density at radius 1 is 1.31 bits per heavy atom. The summed E-state index contributed by atoms with van der Waals surface area (Å²) in [6.45, 7) is 8.00. The van der Waals surface area contributed by atoms with Gasteiger partial charge in [0.1, 0.15) is 0 Å². The second-order valence-electron chi connectivity index (χ2n) is 6.77. The van der Waals surface area contributed by atoms with Gasteiger partial charge < -0.3 is 10.1 Å². The minimum atomic E-state index is 0.281. The van der Waals surface area contributed by atoms with Crippen LogP contribution < -0.4 is 5.32 Å². The first kappa shape index (κ1) is 12.4. The molecule has 2 fully saturated rings. The molecule has 1 N–H and O–H groups in total. The minimum absolute atomic E-state index is 0.281. The highest BCUT2D eigenvalue weighted by molar-refractivity contribution is 4.98. The van der Waals surface area contributed by atoms with Crippen LogP contribution >= 0.6 is 0 Å². The largest absolute Gasteiger partial charge is 0.375 e. The van der Waals surface area contributed by atoms with Crippen molar-refractivity contribution in [1.29, 1.82) is 0 Å². The van der Waals surface area contributed by atoms with Crippen LogP contribution in [0.4, 0.5) is 0 Å². The summed E-state index contributed by atoms with van der Waals surface area (Å²) in [4.78, 5) is 0. The Balaban J connectivity index is 2.02. The van der Waals surface area contributed by atoms with Crippen LogP contribution in [0.15, 0.2) is 0 Å². The first-order valence-corrected chi connectivity index (χ1v) is 6.78. The number of nitrogens with one attached hydrogen (secondary N) is 1. The molecule has 2 unspecified atom stereocenters. The Bertz CT molecular complexity index is 240. The van der Waals surface area contributed by atoms with E-state index in [1.807, 2.05) is 0 Å². The normalized spacial score (nSPS) is 31.1. The van der Waals surface area contributed by atoms with Crippen LogP contribution in [0.5, 0.6) is 0 Å². The predicted molar refractivity (Wildman–Crippen MR) is 67.6 cm³/mol. The molecule has 2 heteroatoms. The average molecular weight is 225 g/mol. The topological polar surface area (TPSA) is 21.3 Å². The third-order valence-corrected chi connectivity index (χ3v) is 4.51. The van der Waals surface area contributed by atoms with Gasteiger partial charge in [0.15, 0.2) is 0 Å². The van der Waals surface area contributed by atoms with Gasteiger partial charge in [0.25, 0.3) is 0 Å². The molecule has 1 aliphatic carbocycles. The van der Waals surface area contributed by atoms with Crippen molar-refractivity contribution in [2.45, 2.75) is 64.5 Å². The lowest BCUT2D eigenvalue weighted by Gasteiger charge is -2.50. The van der Waals surface area contributed by atoms with Crippen molar-refractivity contribution < 1.29 is 4.74 Å².